The number of hydrogen-bond acceptors (Lipinski definition) is 4. The van der Waals surface area contributed by atoms with Gasteiger partial charge in [-0.15, -0.1) is 0 Å². The van der Waals surface area contributed by atoms with Crippen LogP contribution in [-0.2, 0) is 9.53 Å². The Morgan fingerprint density at radius 3 is 2.00 bits per heavy atom. The first-order valence-corrected chi connectivity index (χ1v) is 6.33. The minimum atomic E-state index is -1.78. The smallest absolute Gasteiger partial charge is 0.331 e. The van der Waals surface area contributed by atoms with E-state index in [9.17, 15) is 22.4 Å². The summed E-state index contributed by atoms with van der Waals surface area (Å²) in [5, 5.41) is 0. The fourth-order valence-corrected chi connectivity index (χ4v) is 1.96. The monoisotopic (exact) mass is 308 g/mol. The third kappa shape index (κ3) is 3.08. The van der Waals surface area contributed by atoms with Crippen molar-refractivity contribution in [3.63, 3.8) is 0 Å². The molecule has 0 aliphatic rings. The molecule has 1 aromatic heterocycles. The Balaban J connectivity index is 3.44. The van der Waals surface area contributed by atoms with Gasteiger partial charge in [0.15, 0.2) is 0 Å². The van der Waals surface area contributed by atoms with Gasteiger partial charge in [-0.3, -0.25) is 0 Å². The molecule has 0 radical (unpaired) electrons. The lowest BCUT2D eigenvalue weighted by Gasteiger charge is -2.37. The molecule has 0 aliphatic heterocycles. The molecule has 118 valence electrons. The maximum Gasteiger partial charge on any atom is 0.331 e. The lowest BCUT2D eigenvalue weighted by Crippen LogP contribution is -2.52. The van der Waals surface area contributed by atoms with E-state index in [0.717, 1.165) is 4.90 Å². The van der Waals surface area contributed by atoms with Crippen LogP contribution in [-0.4, -0.2) is 29.6 Å². The Morgan fingerprint density at radius 2 is 1.62 bits per heavy atom. The first kappa shape index (κ1) is 17.2. The molecule has 0 N–H and O–H groups in total. The van der Waals surface area contributed by atoms with Gasteiger partial charge in [-0.1, -0.05) is 0 Å². The SMILES string of the molecule is CCOC(=O)C(C)(C)N(CC)c1c(F)c(F)nc(F)c1F. The number of carbonyl (C=O) groups excluding carboxylic acids is 1. The van der Waals surface area contributed by atoms with E-state index in [4.69, 9.17) is 4.74 Å². The van der Waals surface area contributed by atoms with Gasteiger partial charge in [-0.25, -0.2) is 4.79 Å². The Labute approximate surface area is 119 Å². The van der Waals surface area contributed by atoms with E-state index in [1.54, 1.807) is 6.92 Å². The quantitative estimate of drug-likeness (QED) is 0.476. The summed E-state index contributed by atoms with van der Waals surface area (Å²) < 4.78 is 58.9. The minimum Gasteiger partial charge on any atom is -0.464 e. The maximum atomic E-state index is 13.8. The molecule has 4 nitrogen and oxygen atoms in total. The Morgan fingerprint density at radius 1 is 1.14 bits per heavy atom. The van der Waals surface area contributed by atoms with E-state index in [0.29, 0.717) is 0 Å². The summed E-state index contributed by atoms with van der Waals surface area (Å²) in [6, 6.07) is 0. The predicted octanol–water partition coefficient (Wildman–Crippen LogP) is 2.81. The average Bonchev–Trinajstić information content (AvgIpc) is 2.41. The third-order valence-electron chi connectivity index (χ3n) is 3.01. The van der Waals surface area contributed by atoms with E-state index in [1.165, 1.54) is 20.8 Å². The summed E-state index contributed by atoms with van der Waals surface area (Å²) in [6.07, 6.45) is 0. The standard InChI is InChI=1S/C13H16F4N2O2/c1-5-19(13(3,4)12(20)21-6-2)9-7(14)10(16)18-11(17)8(9)15/h5-6H2,1-4H3. The van der Waals surface area contributed by atoms with Gasteiger partial charge in [0.1, 0.15) is 11.2 Å². The Hall–Kier alpha value is -1.86. The minimum absolute atomic E-state index is 0.0594. The lowest BCUT2D eigenvalue weighted by atomic mass is 10.0. The van der Waals surface area contributed by atoms with Gasteiger partial charge in [0.25, 0.3) is 11.9 Å². The number of carbonyl (C=O) groups is 1. The van der Waals surface area contributed by atoms with Gasteiger partial charge in [-0.05, 0) is 27.7 Å². The molecule has 21 heavy (non-hydrogen) atoms. The number of ether oxygens (including phenoxy) is 1. The molecular weight excluding hydrogens is 292 g/mol. The molecule has 1 heterocycles. The highest BCUT2D eigenvalue weighted by Crippen LogP contribution is 2.32. The molecule has 1 rings (SSSR count). The molecular formula is C13H16F4N2O2. The second-order valence-corrected chi connectivity index (χ2v) is 4.69. The third-order valence-corrected chi connectivity index (χ3v) is 3.01. The second kappa shape index (κ2) is 6.28. The highest BCUT2D eigenvalue weighted by atomic mass is 19.2. The molecule has 0 atom stereocenters. The largest absolute Gasteiger partial charge is 0.464 e. The molecule has 0 unspecified atom stereocenters. The van der Waals surface area contributed by atoms with Crippen LogP contribution in [0.3, 0.4) is 0 Å². The first-order chi connectivity index (χ1) is 9.68. The summed E-state index contributed by atoms with van der Waals surface area (Å²) in [5.74, 6) is -7.64. The van der Waals surface area contributed by atoms with Crippen LogP contribution in [0.1, 0.15) is 27.7 Å². The summed E-state index contributed by atoms with van der Waals surface area (Å²) in [7, 11) is 0. The zero-order valence-corrected chi connectivity index (χ0v) is 12.1. The normalized spacial score (nSPS) is 11.4. The van der Waals surface area contributed by atoms with Crippen molar-refractivity contribution in [2.24, 2.45) is 0 Å². The van der Waals surface area contributed by atoms with Crippen LogP contribution >= 0.6 is 0 Å². The number of hydrogen-bond donors (Lipinski definition) is 0. The van der Waals surface area contributed by atoms with Crippen LogP contribution in [0.2, 0.25) is 0 Å². The van der Waals surface area contributed by atoms with Gasteiger partial charge < -0.3 is 9.64 Å². The van der Waals surface area contributed by atoms with Crippen molar-refractivity contribution in [1.29, 1.82) is 0 Å². The number of halogens is 4. The molecule has 0 aliphatic carbocycles. The van der Waals surface area contributed by atoms with Gasteiger partial charge in [0.2, 0.25) is 11.6 Å². The maximum absolute atomic E-state index is 13.8. The zero-order valence-electron chi connectivity index (χ0n) is 12.1. The fourth-order valence-electron chi connectivity index (χ4n) is 1.96. The van der Waals surface area contributed by atoms with Crippen molar-refractivity contribution in [2.45, 2.75) is 33.2 Å². The molecule has 8 heteroatoms. The molecule has 0 aromatic carbocycles. The van der Waals surface area contributed by atoms with Gasteiger partial charge in [0, 0.05) is 6.54 Å². The van der Waals surface area contributed by atoms with Crippen molar-refractivity contribution >= 4 is 11.7 Å². The summed E-state index contributed by atoms with van der Waals surface area (Å²) >= 11 is 0. The van der Waals surface area contributed by atoms with Crippen LogP contribution in [0, 0.1) is 23.5 Å². The number of nitrogens with zero attached hydrogens (tertiary/aromatic N) is 2. The fraction of sp³-hybridized carbons (Fsp3) is 0.538. The number of esters is 1. The van der Waals surface area contributed by atoms with E-state index in [2.05, 4.69) is 4.98 Å². The van der Waals surface area contributed by atoms with Crippen LogP contribution in [0.4, 0.5) is 23.2 Å². The summed E-state index contributed by atoms with van der Waals surface area (Å²) in [6.45, 7) is 5.70. The highest BCUT2D eigenvalue weighted by molar-refractivity contribution is 5.84. The van der Waals surface area contributed by atoms with Crippen molar-refractivity contribution in [3.05, 3.63) is 23.5 Å². The van der Waals surface area contributed by atoms with Crippen LogP contribution in [0.5, 0.6) is 0 Å². The van der Waals surface area contributed by atoms with Gasteiger partial charge in [-0.2, -0.15) is 22.5 Å². The molecule has 1 aromatic rings. The van der Waals surface area contributed by atoms with Crippen molar-refractivity contribution in [3.8, 4) is 0 Å². The zero-order chi connectivity index (χ0) is 16.4. The number of anilines is 1. The van der Waals surface area contributed by atoms with Crippen molar-refractivity contribution in [1.82, 2.24) is 4.98 Å². The lowest BCUT2D eigenvalue weighted by molar-refractivity contribution is -0.148. The van der Waals surface area contributed by atoms with Crippen LogP contribution < -0.4 is 4.90 Å². The number of likely N-dealkylation sites (N-methyl/N-ethyl adjacent to an activating group) is 1. The van der Waals surface area contributed by atoms with E-state index >= 15 is 0 Å². The highest BCUT2D eigenvalue weighted by Gasteiger charge is 2.39. The number of pyridine rings is 1. The average molecular weight is 308 g/mol. The molecule has 0 amide bonds. The van der Waals surface area contributed by atoms with Gasteiger partial charge >= 0.3 is 5.97 Å². The van der Waals surface area contributed by atoms with Crippen LogP contribution in [0.15, 0.2) is 0 Å². The number of aromatic nitrogens is 1. The molecule has 0 fully saturated rings. The Kier molecular flexibility index (Phi) is 5.14. The van der Waals surface area contributed by atoms with E-state index in [-0.39, 0.29) is 13.2 Å². The molecule has 0 saturated carbocycles. The molecule has 0 saturated heterocycles. The van der Waals surface area contributed by atoms with Gasteiger partial charge in [0.05, 0.1) is 6.61 Å². The first-order valence-electron chi connectivity index (χ1n) is 6.33. The van der Waals surface area contributed by atoms with Crippen molar-refractivity contribution in [2.75, 3.05) is 18.1 Å². The van der Waals surface area contributed by atoms with E-state index in [1.807, 2.05) is 0 Å². The molecule has 0 bridgehead atoms. The topological polar surface area (TPSA) is 42.4 Å². The Bertz CT molecular complexity index is 523. The summed E-state index contributed by atoms with van der Waals surface area (Å²) in [4.78, 5) is 15.3. The summed E-state index contributed by atoms with van der Waals surface area (Å²) in [5.41, 5.74) is -2.51. The number of rotatable bonds is 5. The van der Waals surface area contributed by atoms with Crippen LogP contribution in [0.25, 0.3) is 0 Å². The second-order valence-electron chi connectivity index (χ2n) is 4.69. The molecule has 0 spiro atoms. The van der Waals surface area contributed by atoms with E-state index < -0.39 is 40.7 Å². The van der Waals surface area contributed by atoms with Crippen molar-refractivity contribution < 1.29 is 27.1 Å². The predicted molar refractivity (Wildman–Crippen MR) is 67.8 cm³/mol.